The number of alkyl halides is 3. The second kappa shape index (κ2) is 8.45. The van der Waals surface area contributed by atoms with Crippen LogP contribution in [0.1, 0.15) is 49.2 Å². The van der Waals surface area contributed by atoms with E-state index in [4.69, 9.17) is 0 Å². The van der Waals surface area contributed by atoms with Crippen molar-refractivity contribution in [2.24, 2.45) is 5.41 Å². The molecule has 1 heterocycles. The van der Waals surface area contributed by atoms with Crippen molar-refractivity contribution in [2.45, 2.75) is 39.5 Å². The maximum absolute atomic E-state index is 14.2. The highest BCUT2D eigenvalue weighted by molar-refractivity contribution is 5.95. The minimum atomic E-state index is -5.02. The van der Waals surface area contributed by atoms with E-state index in [9.17, 15) is 27.2 Å². The molecule has 10 heteroatoms. The average molecular weight is 429 g/mol. The van der Waals surface area contributed by atoms with Gasteiger partial charge in [-0.15, -0.1) is 13.2 Å². The number of ether oxygens (including phenoxy) is 1. The number of carbonyl (C=O) groups excluding carboxylic acids is 1. The zero-order valence-corrected chi connectivity index (χ0v) is 17.2. The standard InChI is InChI=1S/C20H23F4N3O3/c1-19(2,3)12(11-6-7-16(13(21)8-11)30-20(22,23)24)9-15(28)14-10-17(29)26-18(25-14)27(4)5/h6-8,10,12H,9H2,1-5H3,(H,25,26,29)/t12-/m0/s1. The summed E-state index contributed by atoms with van der Waals surface area (Å²) in [6.45, 7) is 5.46. The lowest BCUT2D eigenvalue weighted by atomic mass is 9.73. The smallest absolute Gasteiger partial charge is 0.403 e. The summed E-state index contributed by atoms with van der Waals surface area (Å²) in [7, 11) is 3.30. The minimum Gasteiger partial charge on any atom is -0.403 e. The van der Waals surface area contributed by atoms with E-state index < -0.39 is 40.6 Å². The van der Waals surface area contributed by atoms with Crippen molar-refractivity contribution >= 4 is 11.7 Å². The quantitative estimate of drug-likeness (QED) is 0.548. The van der Waals surface area contributed by atoms with Gasteiger partial charge < -0.3 is 9.64 Å². The third kappa shape index (κ3) is 6.04. The summed E-state index contributed by atoms with van der Waals surface area (Å²) >= 11 is 0. The normalized spacial score (nSPS) is 13.1. The van der Waals surface area contributed by atoms with Crippen LogP contribution in [0.4, 0.5) is 23.5 Å². The summed E-state index contributed by atoms with van der Waals surface area (Å²) in [5.41, 5.74) is -0.751. The van der Waals surface area contributed by atoms with Crippen LogP contribution in [0.15, 0.2) is 29.1 Å². The average Bonchev–Trinajstić information content (AvgIpc) is 2.58. The number of H-pyrrole nitrogens is 1. The third-order valence-electron chi connectivity index (χ3n) is 4.46. The summed E-state index contributed by atoms with van der Waals surface area (Å²) in [6, 6.07) is 4.19. The zero-order valence-electron chi connectivity index (χ0n) is 17.2. The maximum Gasteiger partial charge on any atom is 0.573 e. The SMILES string of the molecule is CN(C)c1nc(C(=O)C[C@@H](c2ccc(OC(F)(F)F)c(F)c2)C(C)(C)C)cc(=O)[nH]1. The molecule has 0 saturated carbocycles. The Morgan fingerprint density at radius 1 is 1.20 bits per heavy atom. The van der Waals surface area contributed by atoms with Crippen LogP contribution in [-0.4, -0.2) is 36.2 Å². The van der Waals surface area contributed by atoms with Crippen molar-refractivity contribution in [3.05, 3.63) is 51.7 Å². The molecule has 0 radical (unpaired) electrons. The molecule has 0 amide bonds. The van der Waals surface area contributed by atoms with Gasteiger partial charge in [0.1, 0.15) is 5.69 Å². The number of nitrogens with one attached hydrogen (secondary N) is 1. The number of hydrogen-bond donors (Lipinski definition) is 1. The number of rotatable bonds is 6. The Labute approximate surface area is 170 Å². The lowest BCUT2D eigenvalue weighted by Gasteiger charge is -2.31. The molecular formula is C20H23F4N3O3. The molecule has 1 aromatic heterocycles. The van der Waals surface area contributed by atoms with Gasteiger partial charge in [0.25, 0.3) is 5.56 Å². The van der Waals surface area contributed by atoms with Crippen molar-refractivity contribution < 1.29 is 27.1 Å². The monoisotopic (exact) mass is 429 g/mol. The van der Waals surface area contributed by atoms with Crippen LogP contribution < -0.4 is 15.2 Å². The van der Waals surface area contributed by atoms with E-state index in [2.05, 4.69) is 14.7 Å². The molecule has 0 saturated heterocycles. The fourth-order valence-corrected chi connectivity index (χ4v) is 2.95. The van der Waals surface area contributed by atoms with Crippen molar-refractivity contribution in [1.29, 1.82) is 0 Å². The lowest BCUT2D eigenvalue weighted by Crippen LogP contribution is -2.25. The Morgan fingerprint density at radius 3 is 2.33 bits per heavy atom. The van der Waals surface area contributed by atoms with Crippen LogP contribution >= 0.6 is 0 Å². The number of ketones is 1. The van der Waals surface area contributed by atoms with Crippen molar-refractivity contribution in [2.75, 3.05) is 19.0 Å². The van der Waals surface area contributed by atoms with Gasteiger partial charge in [-0.3, -0.25) is 14.6 Å². The Bertz CT molecular complexity index is 978. The van der Waals surface area contributed by atoms with Crippen LogP contribution in [0.25, 0.3) is 0 Å². The van der Waals surface area contributed by atoms with E-state index in [0.717, 1.165) is 18.2 Å². The number of aromatic amines is 1. The first kappa shape index (κ1) is 23.4. The van der Waals surface area contributed by atoms with Gasteiger partial charge in [-0.1, -0.05) is 26.8 Å². The van der Waals surface area contributed by atoms with Crippen LogP contribution in [0, 0.1) is 11.2 Å². The Kier molecular flexibility index (Phi) is 6.58. The van der Waals surface area contributed by atoms with Crippen molar-refractivity contribution in [3.8, 4) is 5.75 Å². The number of aromatic nitrogens is 2. The highest BCUT2D eigenvalue weighted by Crippen LogP contribution is 2.40. The number of hydrogen-bond acceptors (Lipinski definition) is 5. The van der Waals surface area contributed by atoms with Crippen LogP contribution in [0.5, 0.6) is 5.75 Å². The van der Waals surface area contributed by atoms with E-state index in [-0.39, 0.29) is 18.1 Å². The fraction of sp³-hybridized carbons (Fsp3) is 0.450. The second-order valence-electron chi connectivity index (χ2n) is 8.13. The van der Waals surface area contributed by atoms with E-state index >= 15 is 0 Å². The van der Waals surface area contributed by atoms with E-state index in [1.54, 1.807) is 14.1 Å². The summed E-state index contributed by atoms with van der Waals surface area (Å²) < 4.78 is 55.0. The molecule has 1 N–H and O–H groups in total. The molecule has 0 spiro atoms. The topological polar surface area (TPSA) is 75.3 Å². The number of anilines is 1. The molecule has 1 aromatic carbocycles. The first-order chi connectivity index (χ1) is 13.7. The molecule has 0 bridgehead atoms. The number of nitrogens with zero attached hydrogens (tertiary/aromatic N) is 2. The predicted octanol–water partition coefficient (Wildman–Crippen LogP) is 4.28. The van der Waals surface area contributed by atoms with Gasteiger partial charge in [0, 0.05) is 26.6 Å². The number of halogens is 4. The van der Waals surface area contributed by atoms with Gasteiger partial charge in [-0.05, 0) is 29.0 Å². The van der Waals surface area contributed by atoms with Gasteiger partial charge in [-0.2, -0.15) is 0 Å². The summed E-state index contributed by atoms with van der Waals surface area (Å²) in [6.07, 6.45) is -5.14. The molecule has 0 fully saturated rings. The number of carbonyl (C=O) groups is 1. The molecule has 0 unspecified atom stereocenters. The lowest BCUT2D eigenvalue weighted by molar-refractivity contribution is -0.275. The van der Waals surface area contributed by atoms with Gasteiger partial charge >= 0.3 is 6.36 Å². The first-order valence-corrected chi connectivity index (χ1v) is 9.04. The largest absolute Gasteiger partial charge is 0.573 e. The summed E-state index contributed by atoms with van der Waals surface area (Å²) in [4.78, 5) is 32.9. The summed E-state index contributed by atoms with van der Waals surface area (Å²) in [5, 5.41) is 0. The molecule has 1 atom stereocenters. The maximum atomic E-state index is 14.2. The molecule has 2 aromatic rings. The summed E-state index contributed by atoms with van der Waals surface area (Å²) in [5.74, 6) is -2.92. The number of benzene rings is 1. The predicted molar refractivity (Wildman–Crippen MR) is 103 cm³/mol. The highest BCUT2D eigenvalue weighted by Gasteiger charge is 2.34. The van der Waals surface area contributed by atoms with Crippen LogP contribution in [0.2, 0.25) is 0 Å². The Balaban J connectivity index is 2.37. The van der Waals surface area contributed by atoms with E-state index in [1.165, 1.54) is 11.0 Å². The molecule has 2 rings (SSSR count). The molecular weight excluding hydrogens is 406 g/mol. The number of Topliss-reactive ketones (excluding diaryl/α,β-unsaturated/α-hetero) is 1. The molecule has 164 valence electrons. The van der Waals surface area contributed by atoms with E-state index in [0.29, 0.717) is 5.56 Å². The van der Waals surface area contributed by atoms with Gasteiger partial charge in [-0.25, -0.2) is 9.37 Å². The Hall–Kier alpha value is -2.91. The minimum absolute atomic E-state index is 0.0470. The third-order valence-corrected chi connectivity index (χ3v) is 4.46. The second-order valence-corrected chi connectivity index (χ2v) is 8.13. The van der Waals surface area contributed by atoms with Crippen molar-refractivity contribution in [1.82, 2.24) is 9.97 Å². The van der Waals surface area contributed by atoms with Gasteiger partial charge in [0.2, 0.25) is 5.95 Å². The molecule has 0 aliphatic carbocycles. The molecule has 0 aliphatic heterocycles. The molecule has 0 aliphatic rings. The Morgan fingerprint density at radius 2 is 1.83 bits per heavy atom. The fourth-order valence-electron chi connectivity index (χ4n) is 2.95. The van der Waals surface area contributed by atoms with Crippen molar-refractivity contribution in [3.63, 3.8) is 0 Å². The zero-order chi connectivity index (χ0) is 22.9. The van der Waals surface area contributed by atoms with Gasteiger partial charge in [0.05, 0.1) is 0 Å². The van der Waals surface area contributed by atoms with Crippen LogP contribution in [-0.2, 0) is 0 Å². The highest BCUT2D eigenvalue weighted by atomic mass is 19.4. The first-order valence-electron chi connectivity index (χ1n) is 9.04. The van der Waals surface area contributed by atoms with Gasteiger partial charge in [0.15, 0.2) is 17.3 Å². The molecule has 30 heavy (non-hydrogen) atoms. The van der Waals surface area contributed by atoms with Crippen LogP contribution in [0.3, 0.4) is 0 Å². The molecule has 6 nitrogen and oxygen atoms in total. The van der Waals surface area contributed by atoms with E-state index in [1.807, 2.05) is 20.8 Å².